The topological polar surface area (TPSA) is 120 Å². The average Bonchev–Trinajstić information content (AvgIpc) is 2.99. The van der Waals surface area contributed by atoms with Gasteiger partial charge in [-0.1, -0.05) is 6.92 Å². The lowest BCUT2D eigenvalue weighted by Gasteiger charge is -2.24. The molecule has 0 bridgehead atoms. The van der Waals surface area contributed by atoms with Gasteiger partial charge in [0.2, 0.25) is 0 Å². The van der Waals surface area contributed by atoms with E-state index in [0.29, 0.717) is 6.42 Å². The standard InChI is InChI=1S/C6H10O4.C6H14O3/c7-3-1-9-6-4(8)2-10-5(3)6;1-2-6(3-7,4-8)5-9/h3-8H,1-2H2;7-9H,2-5H2,1H3/t3-,4+,5-,6-;/m1./s1. The summed E-state index contributed by atoms with van der Waals surface area (Å²) in [5.41, 5.74) is -0.667. The zero-order valence-electron chi connectivity index (χ0n) is 11.1. The fraction of sp³-hybridized carbons (Fsp3) is 1.00. The minimum Gasteiger partial charge on any atom is -0.396 e. The Bertz CT molecular complexity index is 223. The molecule has 2 heterocycles. The molecule has 0 saturated carbocycles. The van der Waals surface area contributed by atoms with Gasteiger partial charge < -0.3 is 35.0 Å². The average molecular weight is 280 g/mol. The van der Waals surface area contributed by atoms with E-state index in [2.05, 4.69) is 0 Å². The van der Waals surface area contributed by atoms with E-state index in [4.69, 9.17) is 35.0 Å². The van der Waals surface area contributed by atoms with E-state index in [9.17, 15) is 0 Å². The zero-order chi connectivity index (χ0) is 14.5. The van der Waals surface area contributed by atoms with Gasteiger partial charge in [0.25, 0.3) is 0 Å². The first kappa shape index (κ1) is 16.8. The van der Waals surface area contributed by atoms with Crippen LogP contribution in [-0.4, -0.2) is 83.0 Å². The number of ether oxygens (including phenoxy) is 2. The van der Waals surface area contributed by atoms with Crippen molar-refractivity contribution in [3.05, 3.63) is 0 Å². The first-order chi connectivity index (χ1) is 9.03. The van der Waals surface area contributed by atoms with Gasteiger partial charge in [0, 0.05) is 5.41 Å². The third kappa shape index (κ3) is 3.85. The van der Waals surface area contributed by atoms with E-state index in [1.54, 1.807) is 0 Å². The monoisotopic (exact) mass is 280 g/mol. The molecule has 2 aliphatic heterocycles. The third-order valence-electron chi connectivity index (χ3n) is 3.76. The summed E-state index contributed by atoms with van der Waals surface area (Å²) in [4.78, 5) is 0. The lowest BCUT2D eigenvalue weighted by Crippen LogP contribution is -2.32. The summed E-state index contributed by atoms with van der Waals surface area (Å²) >= 11 is 0. The molecular weight excluding hydrogens is 256 g/mol. The maximum absolute atomic E-state index is 9.16. The van der Waals surface area contributed by atoms with E-state index < -0.39 is 17.6 Å². The molecule has 7 nitrogen and oxygen atoms in total. The Morgan fingerprint density at radius 2 is 1.26 bits per heavy atom. The van der Waals surface area contributed by atoms with Crippen molar-refractivity contribution in [2.24, 2.45) is 5.41 Å². The van der Waals surface area contributed by atoms with Gasteiger partial charge >= 0.3 is 0 Å². The molecule has 0 unspecified atom stereocenters. The molecule has 0 aromatic rings. The Labute approximate surface area is 112 Å². The van der Waals surface area contributed by atoms with E-state index in [-0.39, 0.29) is 45.2 Å². The van der Waals surface area contributed by atoms with Crippen molar-refractivity contribution in [2.45, 2.75) is 37.8 Å². The van der Waals surface area contributed by atoms with Crippen LogP contribution in [0.15, 0.2) is 0 Å². The number of hydrogen-bond donors (Lipinski definition) is 5. The summed E-state index contributed by atoms with van der Waals surface area (Å²) in [6, 6.07) is 0. The van der Waals surface area contributed by atoms with Gasteiger partial charge in [-0.3, -0.25) is 0 Å². The number of aliphatic hydroxyl groups is 5. The van der Waals surface area contributed by atoms with Crippen molar-refractivity contribution < 1.29 is 35.0 Å². The SMILES string of the molecule is CCC(CO)(CO)CO.O[C@@H]1CO[C@H]2[C@@H]1OC[C@@H]2O. The number of hydrogen-bond acceptors (Lipinski definition) is 7. The van der Waals surface area contributed by atoms with Crippen LogP contribution in [0, 0.1) is 5.41 Å². The molecule has 0 aliphatic carbocycles. The first-order valence-corrected chi connectivity index (χ1v) is 6.45. The van der Waals surface area contributed by atoms with Crippen molar-refractivity contribution in [3.63, 3.8) is 0 Å². The maximum Gasteiger partial charge on any atom is 0.114 e. The summed E-state index contributed by atoms with van der Waals surface area (Å²) in [7, 11) is 0. The predicted molar refractivity (Wildman–Crippen MR) is 65.5 cm³/mol. The molecule has 7 heteroatoms. The van der Waals surface area contributed by atoms with Crippen molar-refractivity contribution in [3.8, 4) is 0 Å². The Kier molecular flexibility index (Phi) is 6.61. The molecule has 0 radical (unpaired) electrons. The van der Waals surface area contributed by atoms with Gasteiger partial charge in [-0.05, 0) is 6.42 Å². The van der Waals surface area contributed by atoms with Gasteiger partial charge in [0.15, 0.2) is 0 Å². The fourth-order valence-electron chi connectivity index (χ4n) is 1.94. The predicted octanol–water partition coefficient (Wildman–Crippen LogP) is -2.13. The van der Waals surface area contributed by atoms with Crippen LogP contribution in [0.5, 0.6) is 0 Å². The third-order valence-corrected chi connectivity index (χ3v) is 3.76. The second-order valence-electron chi connectivity index (χ2n) is 5.06. The molecule has 2 fully saturated rings. The minimum atomic E-state index is -0.667. The van der Waals surface area contributed by atoms with Crippen molar-refractivity contribution >= 4 is 0 Å². The first-order valence-electron chi connectivity index (χ1n) is 6.45. The summed E-state index contributed by atoms with van der Waals surface area (Å²) in [6.07, 6.45) is -1.11. The molecule has 19 heavy (non-hydrogen) atoms. The second-order valence-corrected chi connectivity index (χ2v) is 5.06. The van der Waals surface area contributed by atoms with Crippen LogP contribution < -0.4 is 0 Å². The Hall–Kier alpha value is -0.280. The molecule has 4 atom stereocenters. The highest BCUT2D eigenvalue weighted by molar-refractivity contribution is 4.93. The van der Waals surface area contributed by atoms with Crippen LogP contribution in [0.25, 0.3) is 0 Å². The van der Waals surface area contributed by atoms with E-state index in [0.717, 1.165) is 0 Å². The van der Waals surface area contributed by atoms with E-state index in [1.807, 2.05) is 6.92 Å². The van der Waals surface area contributed by atoms with Gasteiger partial charge in [-0.15, -0.1) is 0 Å². The number of rotatable bonds is 4. The molecule has 0 aromatic carbocycles. The molecule has 0 aromatic heterocycles. The zero-order valence-corrected chi connectivity index (χ0v) is 11.1. The Morgan fingerprint density at radius 3 is 1.47 bits per heavy atom. The van der Waals surface area contributed by atoms with Gasteiger partial charge in [-0.2, -0.15) is 0 Å². The minimum absolute atomic E-state index is 0.156. The van der Waals surface area contributed by atoms with Crippen molar-refractivity contribution in [1.82, 2.24) is 0 Å². The van der Waals surface area contributed by atoms with Crippen molar-refractivity contribution in [1.29, 1.82) is 0 Å². The number of fused-ring (bicyclic) bond motifs is 1. The second kappa shape index (κ2) is 7.49. The summed E-state index contributed by atoms with van der Waals surface area (Å²) < 4.78 is 10.2. The van der Waals surface area contributed by atoms with E-state index >= 15 is 0 Å². The smallest absolute Gasteiger partial charge is 0.114 e. The van der Waals surface area contributed by atoms with Crippen LogP contribution in [0.1, 0.15) is 13.3 Å². The highest BCUT2D eigenvalue weighted by Crippen LogP contribution is 2.26. The highest BCUT2D eigenvalue weighted by atomic mass is 16.6. The Balaban J connectivity index is 0.000000192. The summed E-state index contributed by atoms with van der Waals surface area (Å²) in [6.45, 7) is 1.92. The van der Waals surface area contributed by atoms with Gasteiger partial charge in [0.05, 0.1) is 33.0 Å². The summed E-state index contributed by atoms with van der Waals surface area (Å²) in [5.74, 6) is 0. The number of aliphatic hydroxyl groups excluding tert-OH is 5. The van der Waals surface area contributed by atoms with Crippen LogP contribution in [0.4, 0.5) is 0 Å². The molecule has 114 valence electrons. The van der Waals surface area contributed by atoms with Crippen molar-refractivity contribution in [2.75, 3.05) is 33.0 Å². The van der Waals surface area contributed by atoms with Crippen LogP contribution in [0.2, 0.25) is 0 Å². The quantitative estimate of drug-likeness (QED) is 0.399. The molecular formula is C12H24O7. The normalized spacial score (nSPS) is 33.8. The largest absolute Gasteiger partial charge is 0.396 e. The maximum atomic E-state index is 9.16. The van der Waals surface area contributed by atoms with Crippen LogP contribution in [0.3, 0.4) is 0 Å². The van der Waals surface area contributed by atoms with Crippen LogP contribution >= 0.6 is 0 Å². The lowest BCUT2D eigenvalue weighted by molar-refractivity contribution is 0.00204. The van der Waals surface area contributed by atoms with Gasteiger partial charge in [-0.25, -0.2) is 0 Å². The van der Waals surface area contributed by atoms with Crippen LogP contribution in [-0.2, 0) is 9.47 Å². The molecule has 0 spiro atoms. The molecule has 0 amide bonds. The molecule has 2 rings (SSSR count). The molecule has 2 aliphatic rings. The van der Waals surface area contributed by atoms with E-state index in [1.165, 1.54) is 0 Å². The lowest BCUT2D eigenvalue weighted by atomic mass is 9.88. The molecule has 5 N–H and O–H groups in total. The van der Waals surface area contributed by atoms with Gasteiger partial charge in [0.1, 0.15) is 24.4 Å². The summed E-state index contributed by atoms with van der Waals surface area (Å²) in [5, 5.41) is 44.3. The fourth-order valence-corrected chi connectivity index (χ4v) is 1.94. The highest BCUT2D eigenvalue weighted by Gasteiger charge is 2.46. The molecule has 2 saturated heterocycles. The Morgan fingerprint density at radius 1 is 0.895 bits per heavy atom.